The van der Waals surface area contributed by atoms with E-state index in [0.29, 0.717) is 13.2 Å². The number of hydrogen-bond acceptors (Lipinski definition) is 4. The second kappa shape index (κ2) is 8.12. The van der Waals surface area contributed by atoms with E-state index in [4.69, 9.17) is 14.2 Å². The molecule has 1 saturated heterocycles. The van der Waals surface area contributed by atoms with Crippen LogP contribution >= 0.6 is 0 Å². The zero-order valence-corrected chi connectivity index (χ0v) is 10.6. The molecule has 1 unspecified atom stereocenters. The molecule has 0 radical (unpaired) electrons. The first kappa shape index (κ1) is 14.0. The van der Waals surface area contributed by atoms with Crippen LogP contribution in [0, 0.1) is 0 Å². The number of ether oxygens (including phenoxy) is 3. The SMILES string of the molecule is C=C(OCCCCC)C(=O)OCC1CCCO1. The first-order chi connectivity index (χ1) is 8.24. The van der Waals surface area contributed by atoms with Gasteiger partial charge in [-0.15, -0.1) is 0 Å². The van der Waals surface area contributed by atoms with Gasteiger partial charge in [-0.1, -0.05) is 19.8 Å². The number of carbonyl (C=O) groups excluding carboxylic acids is 1. The topological polar surface area (TPSA) is 44.8 Å². The fourth-order valence-electron chi connectivity index (χ4n) is 1.63. The van der Waals surface area contributed by atoms with Crippen LogP contribution in [0.15, 0.2) is 12.3 Å². The largest absolute Gasteiger partial charge is 0.487 e. The van der Waals surface area contributed by atoms with Crippen molar-refractivity contribution in [2.24, 2.45) is 0 Å². The highest BCUT2D eigenvalue weighted by molar-refractivity contribution is 5.85. The van der Waals surface area contributed by atoms with Gasteiger partial charge >= 0.3 is 5.97 Å². The first-order valence-electron chi connectivity index (χ1n) is 6.34. The lowest BCUT2D eigenvalue weighted by molar-refractivity contribution is -0.146. The Balaban J connectivity index is 2.07. The second-order valence-electron chi connectivity index (χ2n) is 4.21. The minimum absolute atomic E-state index is 0.0480. The first-order valence-corrected chi connectivity index (χ1v) is 6.34. The summed E-state index contributed by atoms with van der Waals surface area (Å²) in [6, 6.07) is 0. The standard InChI is InChI=1S/C13H22O4/c1-3-4-5-8-15-11(2)13(14)17-10-12-7-6-9-16-12/h12H,2-10H2,1H3. The predicted molar refractivity (Wildman–Crippen MR) is 64.6 cm³/mol. The lowest BCUT2D eigenvalue weighted by Gasteiger charge is -2.12. The van der Waals surface area contributed by atoms with E-state index in [1.807, 2.05) is 0 Å². The van der Waals surface area contributed by atoms with Crippen LogP contribution in [0.3, 0.4) is 0 Å². The van der Waals surface area contributed by atoms with Crippen molar-refractivity contribution in [1.29, 1.82) is 0 Å². The third kappa shape index (κ3) is 5.73. The van der Waals surface area contributed by atoms with Gasteiger partial charge in [-0.3, -0.25) is 0 Å². The smallest absolute Gasteiger partial charge is 0.373 e. The average molecular weight is 242 g/mol. The van der Waals surface area contributed by atoms with E-state index >= 15 is 0 Å². The van der Waals surface area contributed by atoms with E-state index in [1.165, 1.54) is 0 Å². The van der Waals surface area contributed by atoms with Gasteiger partial charge in [0.25, 0.3) is 0 Å². The van der Waals surface area contributed by atoms with Crippen molar-refractivity contribution in [2.45, 2.75) is 45.1 Å². The molecule has 1 aliphatic rings. The second-order valence-corrected chi connectivity index (χ2v) is 4.21. The Bertz CT molecular complexity index is 244. The zero-order chi connectivity index (χ0) is 12.5. The van der Waals surface area contributed by atoms with Crippen LogP contribution in [-0.2, 0) is 19.0 Å². The van der Waals surface area contributed by atoms with E-state index < -0.39 is 5.97 Å². The maximum Gasteiger partial charge on any atom is 0.373 e. The molecule has 0 aromatic rings. The van der Waals surface area contributed by atoms with Gasteiger partial charge in [0.2, 0.25) is 0 Å². The highest BCUT2D eigenvalue weighted by Gasteiger charge is 2.18. The lowest BCUT2D eigenvalue weighted by atomic mass is 10.2. The molecule has 1 fully saturated rings. The summed E-state index contributed by atoms with van der Waals surface area (Å²) >= 11 is 0. The Labute approximate surface area is 103 Å². The summed E-state index contributed by atoms with van der Waals surface area (Å²) in [6.45, 7) is 7.27. The van der Waals surface area contributed by atoms with Gasteiger partial charge in [-0.05, 0) is 25.8 Å². The predicted octanol–water partition coefficient (Wildman–Crippen LogP) is 2.43. The van der Waals surface area contributed by atoms with Crippen LogP contribution in [-0.4, -0.2) is 31.9 Å². The summed E-state index contributed by atoms with van der Waals surface area (Å²) in [5, 5.41) is 0. The molecule has 0 aromatic carbocycles. The summed E-state index contributed by atoms with van der Waals surface area (Å²) in [6.07, 6.45) is 5.20. The monoisotopic (exact) mass is 242 g/mol. The lowest BCUT2D eigenvalue weighted by Crippen LogP contribution is -2.19. The van der Waals surface area contributed by atoms with Crippen LogP contribution in [0.1, 0.15) is 39.0 Å². The minimum Gasteiger partial charge on any atom is -0.487 e. The van der Waals surface area contributed by atoms with Crippen LogP contribution in [0.4, 0.5) is 0 Å². The molecule has 17 heavy (non-hydrogen) atoms. The van der Waals surface area contributed by atoms with E-state index in [1.54, 1.807) is 0 Å². The van der Waals surface area contributed by atoms with Gasteiger partial charge in [0.1, 0.15) is 6.61 Å². The fraction of sp³-hybridized carbons (Fsp3) is 0.769. The van der Waals surface area contributed by atoms with Gasteiger partial charge in [-0.2, -0.15) is 0 Å². The average Bonchev–Trinajstić information content (AvgIpc) is 2.84. The van der Waals surface area contributed by atoms with Crippen LogP contribution in [0.25, 0.3) is 0 Å². The molecule has 1 rings (SSSR count). The molecule has 0 aliphatic carbocycles. The number of unbranched alkanes of at least 4 members (excludes halogenated alkanes) is 2. The molecular formula is C13H22O4. The molecule has 1 atom stereocenters. The number of esters is 1. The molecule has 98 valence electrons. The molecule has 0 amide bonds. The number of carbonyl (C=O) groups is 1. The molecule has 0 saturated carbocycles. The Morgan fingerprint density at radius 2 is 2.24 bits per heavy atom. The molecule has 1 aliphatic heterocycles. The third-order valence-electron chi connectivity index (χ3n) is 2.68. The van der Waals surface area contributed by atoms with Crippen LogP contribution in [0.2, 0.25) is 0 Å². The normalized spacial score (nSPS) is 19.0. The third-order valence-corrected chi connectivity index (χ3v) is 2.68. The van der Waals surface area contributed by atoms with Crippen molar-refractivity contribution in [1.82, 2.24) is 0 Å². The van der Waals surface area contributed by atoms with E-state index in [-0.39, 0.29) is 11.9 Å². The minimum atomic E-state index is -0.475. The Morgan fingerprint density at radius 1 is 1.41 bits per heavy atom. The summed E-state index contributed by atoms with van der Waals surface area (Å²) < 4.78 is 15.6. The van der Waals surface area contributed by atoms with Gasteiger partial charge in [0.05, 0.1) is 12.7 Å². The Hall–Kier alpha value is -1.03. The zero-order valence-electron chi connectivity index (χ0n) is 10.6. The fourth-order valence-corrected chi connectivity index (χ4v) is 1.63. The molecule has 0 aromatic heterocycles. The van der Waals surface area contributed by atoms with Crippen molar-refractivity contribution >= 4 is 5.97 Å². The van der Waals surface area contributed by atoms with E-state index in [2.05, 4.69) is 13.5 Å². The van der Waals surface area contributed by atoms with Crippen molar-refractivity contribution in [3.63, 3.8) is 0 Å². The molecule has 0 spiro atoms. The Morgan fingerprint density at radius 3 is 2.88 bits per heavy atom. The maximum atomic E-state index is 11.5. The van der Waals surface area contributed by atoms with E-state index in [0.717, 1.165) is 38.7 Å². The van der Waals surface area contributed by atoms with E-state index in [9.17, 15) is 4.79 Å². The molecular weight excluding hydrogens is 220 g/mol. The Kier molecular flexibility index (Phi) is 6.70. The number of hydrogen-bond donors (Lipinski definition) is 0. The van der Waals surface area contributed by atoms with Crippen LogP contribution in [0.5, 0.6) is 0 Å². The molecule has 1 heterocycles. The van der Waals surface area contributed by atoms with Gasteiger partial charge in [0.15, 0.2) is 5.76 Å². The highest BCUT2D eigenvalue weighted by Crippen LogP contribution is 2.12. The maximum absolute atomic E-state index is 11.5. The van der Waals surface area contributed by atoms with Gasteiger partial charge < -0.3 is 14.2 Å². The summed E-state index contributed by atoms with van der Waals surface area (Å²) in [4.78, 5) is 11.5. The molecule has 4 heteroatoms. The molecule has 4 nitrogen and oxygen atoms in total. The van der Waals surface area contributed by atoms with Crippen molar-refractivity contribution in [3.8, 4) is 0 Å². The summed E-state index contributed by atoms with van der Waals surface area (Å²) in [7, 11) is 0. The molecule has 0 N–H and O–H groups in total. The molecule has 0 bridgehead atoms. The van der Waals surface area contributed by atoms with Gasteiger partial charge in [-0.25, -0.2) is 4.79 Å². The van der Waals surface area contributed by atoms with Crippen molar-refractivity contribution < 1.29 is 19.0 Å². The summed E-state index contributed by atoms with van der Waals surface area (Å²) in [5.74, 6) is -0.379. The highest BCUT2D eigenvalue weighted by atomic mass is 16.6. The van der Waals surface area contributed by atoms with Crippen molar-refractivity contribution in [3.05, 3.63) is 12.3 Å². The van der Waals surface area contributed by atoms with Crippen LogP contribution < -0.4 is 0 Å². The quantitative estimate of drug-likeness (QED) is 0.284. The number of rotatable bonds is 8. The van der Waals surface area contributed by atoms with Crippen molar-refractivity contribution in [2.75, 3.05) is 19.8 Å². The van der Waals surface area contributed by atoms with Gasteiger partial charge in [0, 0.05) is 6.61 Å². The summed E-state index contributed by atoms with van der Waals surface area (Å²) in [5.41, 5.74) is 0.